The first-order chi connectivity index (χ1) is 11.0. The number of rotatable bonds is 5. The number of amides is 1. The van der Waals surface area contributed by atoms with Gasteiger partial charge < -0.3 is 9.64 Å². The van der Waals surface area contributed by atoms with Crippen molar-refractivity contribution in [3.63, 3.8) is 0 Å². The van der Waals surface area contributed by atoms with Gasteiger partial charge in [-0.3, -0.25) is 9.59 Å². The van der Waals surface area contributed by atoms with Crippen LogP contribution in [0.5, 0.6) is 0 Å². The molecular weight excluding hydrogens is 378 g/mol. The van der Waals surface area contributed by atoms with Crippen LogP contribution in [0.25, 0.3) is 0 Å². The van der Waals surface area contributed by atoms with Crippen LogP contribution in [0.1, 0.15) is 26.7 Å². The van der Waals surface area contributed by atoms with Crippen molar-refractivity contribution in [2.75, 3.05) is 19.7 Å². The first kappa shape index (κ1) is 18.3. The molecule has 1 fully saturated rings. The number of esters is 1. The average molecular weight is 400 g/mol. The van der Waals surface area contributed by atoms with Crippen LogP contribution in [0.3, 0.4) is 0 Å². The van der Waals surface area contributed by atoms with Gasteiger partial charge in [-0.15, -0.1) is 11.8 Å². The second-order valence-electron chi connectivity index (χ2n) is 5.57. The van der Waals surface area contributed by atoms with Crippen LogP contribution in [-0.4, -0.2) is 41.7 Å². The standard InChI is InChI=1S/C17H22BrNO3S/c1-3-22-17(21)13-8-10-19(11-9-13)16(20)12(2)23-15-6-4-14(18)5-7-15/h4-7,12-13H,3,8-11H2,1-2H3. The van der Waals surface area contributed by atoms with Crippen molar-refractivity contribution in [2.45, 2.75) is 36.8 Å². The molecule has 1 aromatic carbocycles. The highest BCUT2D eigenvalue weighted by molar-refractivity contribution is 9.10. The number of benzene rings is 1. The van der Waals surface area contributed by atoms with Crippen molar-refractivity contribution in [1.29, 1.82) is 0 Å². The van der Waals surface area contributed by atoms with Gasteiger partial charge in [0.25, 0.3) is 0 Å². The molecule has 126 valence electrons. The molecule has 1 saturated heterocycles. The number of piperidine rings is 1. The number of thioether (sulfide) groups is 1. The predicted octanol–water partition coefficient (Wildman–Crippen LogP) is 3.73. The van der Waals surface area contributed by atoms with Crippen LogP contribution in [0.4, 0.5) is 0 Å². The zero-order valence-corrected chi connectivity index (χ0v) is 15.9. The zero-order valence-electron chi connectivity index (χ0n) is 13.5. The predicted molar refractivity (Wildman–Crippen MR) is 95.4 cm³/mol. The molecule has 1 unspecified atom stereocenters. The molecule has 0 spiro atoms. The summed E-state index contributed by atoms with van der Waals surface area (Å²) in [5, 5.41) is -0.129. The molecule has 0 saturated carbocycles. The third-order valence-electron chi connectivity index (χ3n) is 3.90. The van der Waals surface area contributed by atoms with E-state index in [0.29, 0.717) is 32.5 Å². The van der Waals surface area contributed by atoms with Gasteiger partial charge in [0.15, 0.2) is 0 Å². The minimum atomic E-state index is -0.129. The summed E-state index contributed by atoms with van der Waals surface area (Å²) in [6, 6.07) is 7.96. The molecule has 1 amide bonds. The van der Waals surface area contributed by atoms with Gasteiger partial charge in [0.2, 0.25) is 5.91 Å². The fourth-order valence-electron chi connectivity index (χ4n) is 2.62. The average Bonchev–Trinajstić information content (AvgIpc) is 2.56. The van der Waals surface area contributed by atoms with E-state index in [1.807, 2.05) is 43.0 Å². The quantitative estimate of drug-likeness (QED) is 0.558. The molecule has 0 aliphatic carbocycles. The van der Waals surface area contributed by atoms with Gasteiger partial charge in [-0.05, 0) is 51.0 Å². The van der Waals surface area contributed by atoms with Crippen LogP contribution in [0.2, 0.25) is 0 Å². The Bertz CT molecular complexity index is 541. The molecule has 1 atom stereocenters. The van der Waals surface area contributed by atoms with E-state index < -0.39 is 0 Å². The second kappa shape index (κ2) is 8.73. The molecule has 0 bridgehead atoms. The summed E-state index contributed by atoms with van der Waals surface area (Å²) in [5.74, 6) is -0.0504. The van der Waals surface area contributed by atoms with E-state index in [9.17, 15) is 9.59 Å². The summed E-state index contributed by atoms with van der Waals surface area (Å²) < 4.78 is 6.09. The largest absolute Gasteiger partial charge is 0.466 e. The highest BCUT2D eigenvalue weighted by Crippen LogP contribution is 2.27. The first-order valence-corrected chi connectivity index (χ1v) is 9.56. The van der Waals surface area contributed by atoms with Crippen molar-refractivity contribution in [2.24, 2.45) is 5.92 Å². The Morgan fingerprint density at radius 2 is 1.91 bits per heavy atom. The summed E-state index contributed by atoms with van der Waals surface area (Å²) in [6.07, 6.45) is 1.39. The molecule has 4 nitrogen and oxygen atoms in total. The smallest absolute Gasteiger partial charge is 0.309 e. The van der Waals surface area contributed by atoms with Crippen molar-refractivity contribution >= 4 is 39.6 Å². The van der Waals surface area contributed by atoms with E-state index in [2.05, 4.69) is 15.9 Å². The van der Waals surface area contributed by atoms with E-state index in [-0.39, 0.29) is 23.0 Å². The van der Waals surface area contributed by atoms with Gasteiger partial charge in [-0.1, -0.05) is 15.9 Å². The highest BCUT2D eigenvalue weighted by Gasteiger charge is 2.30. The van der Waals surface area contributed by atoms with E-state index in [0.717, 1.165) is 9.37 Å². The van der Waals surface area contributed by atoms with Gasteiger partial charge in [0.1, 0.15) is 0 Å². The summed E-state index contributed by atoms with van der Waals surface area (Å²) in [6.45, 7) is 5.43. The van der Waals surface area contributed by atoms with Gasteiger partial charge in [-0.2, -0.15) is 0 Å². The second-order valence-corrected chi connectivity index (χ2v) is 7.90. The lowest BCUT2D eigenvalue weighted by atomic mass is 9.97. The van der Waals surface area contributed by atoms with Crippen LogP contribution in [0.15, 0.2) is 33.6 Å². The molecule has 1 aliphatic rings. The maximum Gasteiger partial charge on any atom is 0.309 e. The summed E-state index contributed by atoms with van der Waals surface area (Å²) in [7, 11) is 0. The van der Waals surface area contributed by atoms with Crippen molar-refractivity contribution in [3.8, 4) is 0 Å². The normalized spacial score (nSPS) is 16.9. The molecule has 23 heavy (non-hydrogen) atoms. The van der Waals surface area contributed by atoms with Gasteiger partial charge in [-0.25, -0.2) is 0 Å². The SMILES string of the molecule is CCOC(=O)C1CCN(C(=O)C(C)Sc2ccc(Br)cc2)CC1. The van der Waals surface area contributed by atoms with Gasteiger partial charge in [0, 0.05) is 22.5 Å². The minimum Gasteiger partial charge on any atom is -0.466 e. The topological polar surface area (TPSA) is 46.6 Å². The Morgan fingerprint density at radius 1 is 1.30 bits per heavy atom. The number of hydrogen-bond donors (Lipinski definition) is 0. The molecule has 0 radical (unpaired) electrons. The molecule has 1 aliphatic heterocycles. The van der Waals surface area contributed by atoms with Gasteiger partial charge >= 0.3 is 5.97 Å². The van der Waals surface area contributed by atoms with Crippen LogP contribution in [-0.2, 0) is 14.3 Å². The molecule has 0 aromatic heterocycles. The molecular formula is C17H22BrNO3S. The fraction of sp³-hybridized carbons (Fsp3) is 0.529. The maximum atomic E-state index is 12.6. The number of nitrogens with zero attached hydrogens (tertiary/aromatic N) is 1. The lowest BCUT2D eigenvalue weighted by molar-refractivity contribution is -0.151. The Labute approximate surface area is 150 Å². The van der Waals surface area contributed by atoms with Crippen LogP contribution >= 0.6 is 27.7 Å². The summed E-state index contributed by atoms with van der Waals surface area (Å²) >= 11 is 4.97. The van der Waals surface area contributed by atoms with E-state index in [1.165, 1.54) is 0 Å². The van der Waals surface area contributed by atoms with E-state index in [4.69, 9.17) is 4.74 Å². The van der Waals surface area contributed by atoms with Gasteiger partial charge in [0.05, 0.1) is 17.8 Å². The third-order valence-corrected chi connectivity index (χ3v) is 5.53. The molecule has 0 N–H and O–H groups in total. The summed E-state index contributed by atoms with van der Waals surface area (Å²) in [5.41, 5.74) is 0. The Balaban J connectivity index is 1.84. The number of halogens is 1. The van der Waals surface area contributed by atoms with Crippen molar-refractivity contribution in [1.82, 2.24) is 4.90 Å². The number of carbonyl (C=O) groups excluding carboxylic acids is 2. The molecule has 1 heterocycles. The number of carbonyl (C=O) groups is 2. The Kier molecular flexibility index (Phi) is 6.96. The minimum absolute atomic E-state index is 0.0616. The van der Waals surface area contributed by atoms with Crippen molar-refractivity contribution in [3.05, 3.63) is 28.7 Å². The Hall–Kier alpha value is -1.01. The third kappa shape index (κ3) is 5.24. The molecule has 1 aromatic rings. The zero-order chi connectivity index (χ0) is 16.8. The number of likely N-dealkylation sites (tertiary alicyclic amines) is 1. The molecule has 2 rings (SSSR count). The lowest BCUT2D eigenvalue weighted by Gasteiger charge is -2.32. The van der Waals surface area contributed by atoms with Crippen LogP contribution in [0, 0.1) is 5.92 Å². The first-order valence-electron chi connectivity index (χ1n) is 7.89. The lowest BCUT2D eigenvalue weighted by Crippen LogP contribution is -2.43. The highest BCUT2D eigenvalue weighted by atomic mass is 79.9. The molecule has 6 heteroatoms. The number of hydrogen-bond acceptors (Lipinski definition) is 4. The fourth-order valence-corrected chi connectivity index (χ4v) is 3.84. The monoisotopic (exact) mass is 399 g/mol. The van der Waals surface area contributed by atoms with Crippen LogP contribution < -0.4 is 0 Å². The van der Waals surface area contributed by atoms with E-state index in [1.54, 1.807) is 11.8 Å². The summed E-state index contributed by atoms with van der Waals surface area (Å²) in [4.78, 5) is 27.2. The Morgan fingerprint density at radius 3 is 2.48 bits per heavy atom. The van der Waals surface area contributed by atoms with Crippen molar-refractivity contribution < 1.29 is 14.3 Å². The maximum absolute atomic E-state index is 12.6. The number of ether oxygens (including phenoxy) is 1. The van der Waals surface area contributed by atoms with E-state index >= 15 is 0 Å².